The molecule has 0 spiro atoms. The maximum absolute atomic E-state index is 12.8. The summed E-state index contributed by atoms with van der Waals surface area (Å²) in [6, 6.07) is 7.24. The van der Waals surface area contributed by atoms with Gasteiger partial charge in [-0.25, -0.2) is 0 Å². The highest BCUT2D eigenvalue weighted by atomic mass is 35.5. The first-order valence-electron chi connectivity index (χ1n) is 8.60. The van der Waals surface area contributed by atoms with Crippen LogP contribution in [0.5, 0.6) is 0 Å². The first kappa shape index (κ1) is 17.2. The summed E-state index contributed by atoms with van der Waals surface area (Å²) in [5.74, 6) is -0.0156. The molecule has 130 valence electrons. The SMILES string of the molecule is CNCC1CCN(C(=O)C2CCN(c3cccc(Cl)c3)C2=O)CC1. The summed E-state index contributed by atoms with van der Waals surface area (Å²) in [6.45, 7) is 3.08. The number of carbonyl (C=O) groups excluding carboxylic acids is 2. The average molecular weight is 350 g/mol. The summed E-state index contributed by atoms with van der Waals surface area (Å²) < 4.78 is 0. The van der Waals surface area contributed by atoms with Crippen LogP contribution in [0.1, 0.15) is 19.3 Å². The van der Waals surface area contributed by atoms with E-state index in [9.17, 15) is 9.59 Å². The van der Waals surface area contributed by atoms with E-state index in [1.165, 1.54) is 0 Å². The fraction of sp³-hybridized carbons (Fsp3) is 0.556. The number of carbonyl (C=O) groups is 2. The van der Waals surface area contributed by atoms with Gasteiger partial charge in [-0.3, -0.25) is 9.59 Å². The Labute approximate surface area is 147 Å². The molecule has 3 rings (SSSR count). The number of nitrogens with one attached hydrogen (secondary N) is 1. The van der Waals surface area contributed by atoms with Gasteiger partial charge in [0.05, 0.1) is 0 Å². The van der Waals surface area contributed by atoms with Crippen molar-refractivity contribution in [3.8, 4) is 0 Å². The molecular weight excluding hydrogens is 326 g/mol. The molecule has 5 nitrogen and oxygen atoms in total. The van der Waals surface area contributed by atoms with E-state index in [0.29, 0.717) is 23.9 Å². The topological polar surface area (TPSA) is 52.7 Å². The van der Waals surface area contributed by atoms with Crippen LogP contribution < -0.4 is 10.2 Å². The Hall–Kier alpha value is -1.59. The maximum atomic E-state index is 12.8. The Balaban J connectivity index is 1.62. The Morgan fingerprint density at radius 3 is 2.67 bits per heavy atom. The zero-order chi connectivity index (χ0) is 17.1. The lowest BCUT2D eigenvalue weighted by Gasteiger charge is -2.33. The summed E-state index contributed by atoms with van der Waals surface area (Å²) >= 11 is 6.01. The van der Waals surface area contributed by atoms with E-state index in [0.717, 1.165) is 38.2 Å². The van der Waals surface area contributed by atoms with Crippen LogP contribution in [0.15, 0.2) is 24.3 Å². The van der Waals surface area contributed by atoms with Crippen LogP contribution in [0.25, 0.3) is 0 Å². The Morgan fingerprint density at radius 1 is 1.25 bits per heavy atom. The highest BCUT2D eigenvalue weighted by Gasteiger charge is 2.40. The number of halogens is 1. The summed E-state index contributed by atoms with van der Waals surface area (Å²) in [7, 11) is 1.96. The van der Waals surface area contributed by atoms with E-state index in [4.69, 9.17) is 11.6 Å². The van der Waals surface area contributed by atoms with Crippen molar-refractivity contribution in [2.75, 3.05) is 38.1 Å². The van der Waals surface area contributed by atoms with E-state index in [-0.39, 0.29) is 11.8 Å². The first-order valence-corrected chi connectivity index (χ1v) is 8.98. The zero-order valence-corrected chi connectivity index (χ0v) is 14.8. The van der Waals surface area contributed by atoms with E-state index < -0.39 is 5.92 Å². The number of amides is 2. The van der Waals surface area contributed by atoms with Crippen molar-refractivity contribution in [1.82, 2.24) is 10.2 Å². The smallest absolute Gasteiger partial charge is 0.239 e. The zero-order valence-electron chi connectivity index (χ0n) is 14.0. The Bertz CT molecular complexity index is 614. The van der Waals surface area contributed by atoms with Crippen LogP contribution in [0.2, 0.25) is 5.02 Å². The number of anilines is 1. The predicted octanol–water partition coefficient (Wildman–Crippen LogP) is 2.15. The highest BCUT2D eigenvalue weighted by Crippen LogP contribution is 2.29. The van der Waals surface area contributed by atoms with Gasteiger partial charge in [-0.2, -0.15) is 0 Å². The van der Waals surface area contributed by atoms with Crippen LogP contribution in [-0.4, -0.2) is 49.9 Å². The largest absolute Gasteiger partial charge is 0.342 e. The molecule has 6 heteroatoms. The molecule has 2 amide bonds. The van der Waals surface area contributed by atoms with Gasteiger partial charge >= 0.3 is 0 Å². The number of hydrogen-bond donors (Lipinski definition) is 1. The van der Waals surface area contributed by atoms with Crippen LogP contribution in [-0.2, 0) is 9.59 Å². The number of nitrogens with zero attached hydrogens (tertiary/aromatic N) is 2. The molecule has 0 bridgehead atoms. The lowest BCUT2D eigenvalue weighted by Crippen LogP contribution is -2.45. The molecule has 1 aromatic carbocycles. The van der Waals surface area contributed by atoms with Crippen molar-refractivity contribution in [1.29, 1.82) is 0 Å². The number of likely N-dealkylation sites (tertiary alicyclic amines) is 1. The standard InChI is InChI=1S/C18H24ClN3O2/c1-20-12-13-5-8-21(9-6-13)17(23)16-7-10-22(18(16)24)15-4-2-3-14(19)11-15/h2-4,11,13,16,20H,5-10,12H2,1H3. The predicted molar refractivity (Wildman–Crippen MR) is 95.1 cm³/mol. The molecule has 1 unspecified atom stereocenters. The lowest BCUT2D eigenvalue weighted by atomic mass is 9.95. The Kier molecular flexibility index (Phi) is 5.41. The number of benzene rings is 1. The molecule has 2 fully saturated rings. The van der Waals surface area contributed by atoms with E-state index in [1.807, 2.05) is 24.1 Å². The van der Waals surface area contributed by atoms with Gasteiger partial charge in [0.1, 0.15) is 5.92 Å². The second-order valence-corrected chi connectivity index (χ2v) is 7.07. The quantitative estimate of drug-likeness (QED) is 0.847. The van der Waals surface area contributed by atoms with Gasteiger partial charge in [-0.15, -0.1) is 0 Å². The Morgan fingerprint density at radius 2 is 2.00 bits per heavy atom. The molecule has 2 saturated heterocycles. The maximum Gasteiger partial charge on any atom is 0.239 e. The molecule has 24 heavy (non-hydrogen) atoms. The normalized spacial score (nSPS) is 22.2. The number of piperidine rings is 1. The van der Waals surface area contributed by atoms with Gasteiger partial charge in [-0.05, 0) is 57.0 Å². The van der Waals surface area contributed by atoms with Crippen molar-refractivity contribution >= 4 is 29.1 Å². The van der Waals surface area contributed by atoms with Gasteiger partial charge < -0.3 is 15.1 Å². The van der Waals surface area contributed by atoms with E-state index in [1.54, 1.807) is 17.0 Å². The highest BCUT2D eigenvalue weighted by molar-refractivity contribution is 6.31. The van der Waals surface area contributed by atoms with Crippen LogP contribution in [0, 0.1) is 11.8 Å². The minimum atomic E-state index is -0.537. The molecule has 2 aliphatic rings. The van der Waals surface area contributed by atoms with Crippen LogP contribution >= 0.6 is 11.6 Å². The van der Waals surface area contributed by atoms with Crippen molar-refractivity contribution in [2.24, 2.45) is 11.8 Å². The van der Waals surface area contributed by atoms with Crippen molar-refractivity contribution < 1.29 is 9.59 Å². The van der Waals surface area contributed by atoms with Crippen molar-refractivity contribution in [3.05, 3.63) is 29.3 Å². The fourth-order valence-electron chi connectivity index (χ4n) is 3.68. The van der Waals surface area contributed by atoms with Gasteiger partial charge in [0.15, 0.2) is 0 Å². The molecular formula is C18H24ClN3O2. The van der Waals surface area contributed by atoms with E-state index >= 15 is 0 Å². The lowest BCUT2D eigenvalue weighted by molar-refractivity contribution is -0.141. The number of rotatable bonds is 4. The molecule has 0 saturated carbocycles. The summed E-state index contributed by atoms with van der Waals surface area (Å²) in [6.07, 6.45) is 2.59. The summed E-state index contributed by atoms with van der Waals surface area (Å²) in [5.41, 5.74) is 0.774. The molecule has 1 atom stereocenters. The molecule has 2 heterocycles. The third-order valence-corrected chi connectivity index (χ3v) is 5.28. The van der Waals surface area contributed by atoms with Gasteiger partial charge in [-0.1, -0.05) is 17.7 Å². The molecule has 0 radical (unpaired) electrons. The molecule has 2 aliphatic heterocycles. The third kappa shape index (κ3) is 3.57. The minimum Gasteiger partial charge on any atom is -0.342 e. The van der Waals surface area contributed by atoms with Crippen LogP contribution in [0.4, 0.5) is 5.69 Å². The first-order chi connectivity index (χ1) is 11.6. The second-order valence-electron chi connectivity index (χ2n) is 6.64. The molecule has 1 N–H and O–H groups in total. The fourth-order valence-corrected chi connectivity index (χ4v) is 3.86. The molecule has 0 aromatic heterocycles. The monoisotopic (exact) mass is 349 g/mol. The molecule has 1 aromatic rings. The molecule has 0 aliphatic carbocycles. The summed E-state index contributed by atoms with van der Waals surface area (Å²) in [5, 5.41) is 3.80. The summed E-state index contributed by atoms with van der Waals surface area (Å²) in [4.78, 5) is 29.0. The van der Waals surface area contributed by atoms with E-state index in [2.05, 4.69) is 5.32 Å². The van der Waals surface area contributed by atoms with Gasteiger partial charge in [0.2, 0.25) is 11.8 Å². The van der Waals surface area contributed by atoms with Crippen molar-refractivity contribution in [2.45, 2.75) is 19.3 Å². The number of hydrogen-bond acceptors (Lipinski definition) is 3. The minimum absolute atomic E-state index is 0.00700. The van der Waals surface area contributed by atoms with Crippen LogP contribution in [0.3, 0.4) is 0 Å². The van der Waals surface area contributed by atoms with Gasteiger partial charge in [0, 0.05) is 30.3 Å². The average Bonchev–Trinajstić information content (AvgIpc) is 2.97. The van der Waals surface area contributed by atoms with Crippen molar-refractivity contribution in [3.63, 3.8) is 0 Å². The third-order valence-electron chi connectivity index (χ3n) is 5.04. The second kappa shape index (κ2) is 7.53. The van der Waals surface area contributed by atoms with Gasteiger partial charge in [0.25, 0.3) is 0 Å².